The number of imidazole rings is 1. The molecule has 0 radical (unpaired) electrons. The van der Waals surface area contributed by atoms with Crippen LogP contribution in [0.15, 0.2) is 28.0 Å². The Morgan fingerprint density at radius 2 is 1.73 bits per heavy atom. The summed E-state index contributed by atoms with van der Waals surface area (Å²) in [6.07, 6.45) is 1.20. The van der Waals surface area contributed by atoms with E-state index in [4.69, 9.17) is 0 Å². The second-order valence-corrected chi connectivity index (χ2v) is 6.30. The van der Waals surface area contributed by atoms with Crippen molar-refractivity contribution >= 4 is 28.7 Å². The quantitative estimate of drug-likeness (QED) is 0.541. The number of halogens is 3. The van der Waals surface area contributed by atoms with E-state index in [-0.39, 0.29) is 11.2 Å². The number of carbonyl (C=O) groups excluding carboxylic acids is 2. The molecule has 2 aromatic heterocycles. The molecule has 0 fully saturated rings. The van der Waals surface area contributed by atoms with Gasteiger partial charge in [-0.05, 0) is 12.1 Å². The molecule has 2 N–H and O–H groups in total. The van der Waals surface area contributed by atoms with E-state index in [0.29, 0.717) is 6.07 Å². The lowest BCUT2D eigenvalue weighted by Crippen LogP contribution is -2.38. The number of nitrogens with one attached hydrogen (secondary N) is 2. The maximum atomic E-state index is 13.6. The van der Waals surface area contributed by atoms with Crippen LogP contribution in [0.1, 0.15) is 0 Å². The van der Waals surface area contributed by atoms with Gasteiger partial charge in [-0.2, -0.15) is 0 Å². The minimum absolute atomic E-state index is 0.0167. The Morgan fingerprint density at radius 3 is 2.43 bits per heavy atom. The third kappa shape index (κ3) is 3.68. The molecule has 0 aliphatic carbocycles. The van der Waals surface area contributed by atoms with Gasteiger partial charge >= 0.3 is 5.69 Å². The number of anilines is 1. The fraction of sp³-hybridized carbons (Fsp3) is 0.235. The summed E-state index contributed by atoms with van der Waals surface area (Å²) in [4.78, 5) is 52.1. The maximum absolute atomic E-state index is 13.6. The number of rotatable bonds is 5. The molecular formula is C17H15F3N6O4. The zero-order valence-corrected chi connectivity index (χ0v) is 15.7. The molecule has 3 aromatic rings. The van der Waals surface area contributed by atoms with Gasteiger partial charge in [0.2, 0.25) is 11.8 Å². The van der Waals surface area contributed by atoms with E-state index in [1.807, 2.05) is 5.32 Å². The second-order valence-electron chi connectivity index (χ2n) is 6.30. The van der Waals surface area contributed by atoms with Crippen LogP contribution in [0.2, 0.25) is 0 Å². The number of aryl methyl sites for hydroxylation is 1. The monoisotopic (exact) mass is 424 g/mol. The van der Waals surface area contributed by atoms with Crippen LogP contribution >= 0.6 is 0 Å². The Kier molecular flexibility index (Phi) is 5.45. The summed E-state index contributed by atoms with van der Waals surface area (Å²) >= 11 is 0. The van der Waals surface area contributed by atoms with Gasteiger partial charge in [0.25, 0.3) is 5.56 Å². The summed E-state index contributed by atoms with van der Waals surface area (Å²) in [5, 5.41) is 4.25. The zero-order valence-electron chi connectivity index (χ0n) is 15.7. The van der Waals surface area contributed by atoms with Gasteiger partial charge in [-0.1, -0.05) is 0 Å². The highest BCUT2D eigenvalue weighted by atomic mass is 19.2. The summed E-state index contributed by atoms with van der Waals surface area (Å²) in [6, 6.07) is 1.48. The molecule has 30 heavy (non-hydrogen) atoms. The molecule has 0 aliphatic heterocycles. The van der Waals surface area contributed by atoms with Crippen molar-refractivity contribution in [1.82, 2.24) is 24.0 Å². The van der Waals surface area contributed by atoms with Crippen molar-refractivity contribution in [3.05, 3.63) is 56.7 Å². The fourth-order valence-corrected chi connectivity index (χ4v) is 2.72. The predicted octanol–water partition coefficient (Wildman–Crippen LogP) is -0.394. The van der Waals surface area contributed by atoms with E-state index in [0.717, 1.165) is 15.2 Å². The molecule has 1 aromatic carbocycles. The lowest BCUT2D eigenvalue weighted by molar-refractivity contribution is -0.124. The van der Waals surface area contributed by atoms with Gasteiger partial charge in [0.1, 0.15) is 6.54 Å². The smallest absolute Gasteiger partial charge is 0.332 e. The Bertz CT molecular complexity index is 1290. The van der Waals surface area contributed by atoms with Gasteiger partial charge < -0.3 is 15.2 Å². The van der Waals surface area contributed by atoms with E-state index in [9.17, 15) is 32.3 Å². The number of benzene rings is 1. The third-order valence-electron chi connectivity index (χ3n) is 4.29. The Balaban J connectivity index is 1.68. The number of amides is 2. The average Bonchev–Trinajstić information content (AvgIpc) is 3.13. The summed E-state index contributed by atoms with van der Waals surface area (Å²) in [5.74, 6) is -6.29. The predicted molar refractivity (Wildman–Crippen MR) is 98.2 cm³/mol. The molecular weight excluding hydrogens is 409 g/mol. The van der Waals surface area contributed by atoms with Gasteiger partial charge in [-0.15, -0.1) is 0 Å². The summed E-state index contributed by atoms with van der Waals surface area (Å²) < 4.78 is 42.9. The number of fused-ring (bicyclic) bond motifs is 1. The molecule has 158 valence electrons. The summed E-state index contributed by atoms with van der Waals surface area (Å²) in [6.45, 7) is -0.989. The van der Waals surface area contributed by atoms with Crippen molar-refractivity contribution in [2.24, 2.45) is 14.1 Å². The number of hydrogen-bond acceptors (Lipinski definition) is 5. The van der Waals surface area contributed by atoms with Crippen LogP contribution in [-0.2, 0) is 30.2 Å². The molecule has 0 bridgehead atoms. The first-order chi connectivity index (χ1) is 14.1. The number of nitrogens with zero attached hydrogens (tertiary/aromatic N) is 4. The van der Waals surface area contributed by atoms with Crippen molar-refractivity contribution in [3.8, 4) is 0 Å². The molecule has 0 atom stereocenters. The van der Waals surface area contributed by atoms with Crippen LogP contribution in [0.5, 0.6) is 0 Å². The highest BCUT2D eigenvalue weighted by Crippen LogP contribution is 2.19. The highest BCUT2D eigenvalue weighted by Gasteiger charge is 2.18. The van der Waals surface area contributed by atoms with Crippen LogP contribution < -0.4 is 21.9 Å². The SMILES string of the molecule is Cn1c(=O)c2c(ncn2CC(=O)NCC(=O)Nc2ccc(F)c(F)c2F)n(C)c1=O. The topological polar surface area (TPSA) is 120 Å². The standard InChI is InChI=1S/C17H15F3N6O4/c1-24-15-14(16(29)25(2)17(24)30)26(7-22-15)6-11(28)21-5-10(27)23-9-4-3-8(18)12(19)13(9)20/h3-4,7H,5-6H2,1-2H3,(H,21,28)(H,23,27). The minimum atomic E-state index is -1.74. The maximum Gasteiger partial charge on any atom is 0.332 e. The Labute approximate surface area is 165 Å². The Hall–Kier alpha value is -3.90. The van der Waals surface area contributed by atoms with Crippen molar-refractivity contribution < 1.29 is 22.8 Å². The van der Waals surface area contributed by atoms with Gasteiger partial charge in [0.05, 0.1) is 18.6 Å². The summed E-state index contributed by atoms with van der Waals surface area (Å²) in [5.41, 5.74) is -1.71. The van der Waals surface area contributed by atoms with E-state index < -0.39 is 59.3 Å². The molecule has 3 rings (SSSR count). The van der Waals surface area contributed by atoms with Crippen LogP contribution in [0, 0.1) is 17.5 Å². The van der Waals surface area contributed by atoms with Crippen molar-refractivity contribution in [2.75, 3.05) is 11.9 Å². The van der Waals surface area contributed by atoms with Gasteiger partial charge in [0, 0.05) is 14.1 Å². The second kappa shape index (κ2) is 7.85. The van der Waals surface area contributed by atoms with E-state index >= 15 is 0 Å². The van der Waals surface area contributed by atoms with Crippen LogP contribution in [-0.4, -0.2) is 37.0 Å². The molecule has 0 spiro atoms. The van der Waals surface area contributed by atoms with Crippen molar-refractivity contribution in [2.45, 2.75) is 6.54 Å². The van der Waals surface area contributed by atoms with Crippen LogP contribution in [0.3, 0.4) is 0 Å². The first kappa shape index (κ1) is 20.8. The van der Waals surface area contributed by atoms with Gasteiger partial charge in [-0.25, -0.2) is 22.9 Å². The van der Waals surface area contributed by atoms with Gasteiger partial charge in [-0.3, -0.25) is 23.5 Å². The average molecular weight is 424 g/mol. The largest absolute Gasteiger partial charge is 0.345 e. The normalized spacial score (nSPS) is 11.0. The number of carbonyl (C=O) groups is 2. The van der Waals surface area contributed by atoms with E-state index in [2.05, 4.69) is 10.3 Å². The van der Waals surface area contributed by atoms with Crippen molar-refractivity contribution in [1.29, 1.82) is 0 Å². The number of aromatic nitrogens is 4. The lowest BCUT2D eigenvalue weighted by Gasteiger charge is -2.09. The molecule has 0 unspecified atom stereocenters. The van der Waals surface area contributed by atoms with Gasteiger partial charge in [0.15, 0.2) is 28.6 Å². The minimum Gasteiger partial charge on any atom is -0.345 e. The molecule has 2 heterocycles. The molecule has 0 saturated heterocycles. The molecule has 10 nitrogen and oxygen atoms in total. The third-order valence-corrected chi connectivity index (χ3v) is 4.29. The lowest BCUT2D eigenvalue weighted by atomic mass is 10.2. The van der Waals surface area contributed by atoms with Crippen LogP contribution in [0.25, 0.3) is 11.2 Å². The number of hydrogen-bond donors (Lipinski definition) is 2. The Morgan fingerprint density at radius 1 is 1.03 bits per heavy atom. The molecule has 2 amide bonds. The summed E-state index contributed by atoms with van der Waals surface area (Å²) in [7, 11) is 2.70. The molecule has 13 heteroatoms. The van der Waals surface area contributed by atoms with E-state index in [1.165, 1.54) is 25.0 Å². The first-order valence-corrected chi connectivity index (χ1v) is 8.42. The van der Waals surface area contributed by atoms with Crippen LogP contribution in [0.4, 0.5) is 18.9 Å². The molecule has 0 saturated carbocycles. The fourth-order valence-electron chi connectivity index (χ4n) is 2.72. The first-order valence-electron chi connectivity index (χ1n) is 8.42. The highest BCUT2D eigenvalue weighted by molar-refractivity contribution is 5.94. The van der Waals surface area contributed by atoms with E-state index in [1.54, 1.807) is 0 Å². The van der Waals surface area contributed by atoms with Crippen molar-refractivity contribution in [3.63, 3.8) is 0 Å². The zero-order chi connectivity index (χ0) is 22.2. The molecule has 0 aliphatic rings.